The molecule has 0 atom stereocenters. The fourth-order valence-electron chi connectivity index (χ4n) is 1.94. The molecule has 0 unspecified atom stereocenters. The first-order chi connectivity index (χ1) is 7.81. The summed E-state index contributed by atoms with van der Waals surface area (Å²) in [7, 11) is 1.44. The highest BCUT2D eigenvalue weighted by atomic mass is 16.5. The van der Waals surface area contributed by atoms with E-state index in [1.807, 2.05) is 0 Å². The molecule has 0 N–H and O–H groups in total. The third kappa shape index (κ3) is 2.29. The third-order valence-electron chi connectivity index (χ3n) is 2.86. The van der Waals surface area contributed by atoms with Crippen LogP contribution in [0, 0.1) is 5.92 Å². The van der Waals surface area contributed by atoms with E-state index in [-0.39, 0.29) is 11.9 Å². The van der Waals surface area contributed by atoms with Crippen LogP contribution in [0.3, 0.4) is 0 Å². The van der Waals surface area contributed by atoms with Crippen LogP contribution in [0.4, 0.5) is 5.95 Å². The number of hydrogen-bond acceptors (Lipinski definition) is 5. The number of aromatic nitrogens is 2. The number of carbonyl (C=O) groups excluding carboxylic acids is 1. The molecular formula is C11H15N3O2. The summed E-state index contributed by atoms with van der Waals surface area (Å²) in [6.45, 7) is 1.62. The molecule has 2 rings (SSSR count). The Hall–Kier alpha value is -1.65. The van der Waals surface area contributed by atoms with Gasteiger partial charge in [0.05, 0.1) is 13.0 Å². The summed E-state index contributed by atoms with van der Waals surface area (Å²) < 4.78 is 4.74. The van der Waals surface area contributed by atoms with Crippen molar-refractivity contribution in [3.05, 3.63) is 18.5 Å². The molecule has 16 heavy (non-hydrogen) atoms. The van der Waals surface area contributed by atoms with Crippen molar-refractivity contribution >= 4 is 11.9 Å². The first kappa shape index (κ1) is 10.9. The van der Waals surface area contributed by atoms with Crippen molar-refractivity contribution in [3.63, 3.8) is 0 Å². The SMILES string of the molecule is COC(=O)C1CCN(c2ncccn2)CC1. The maximum absolute atomic E-state index is 11.3. The molecule has 1 aromatic heterocycles. The van der Waals surface area contributed by atoms with Gasteiger partial charge in [0.1, 0.15) is 0 Å². The summed E-state index contributed by atoms with van der Waals surface area (Å²) in [4.78, 5) is 21.8. The summed E-state index contributed by atoms with van der Waals surface area (Å²) in [5.41, 5.74) is 0. The van der Waals surface area contributed by atoms with Crippen LogP contribution in [-0.2, 0) is 9.53 Å². The number of methoxy groups -OCH3 is 1. The molecule has 5 nitrogen and oxygen atoms in total. The van der Waals surface area contributed by atoms with Crippen molar-refractivity contribution < 1.29 is 9.53 Å². The molecule has 0 bridgehead atoms. The molecule has 2 heterocycles. The Bertz CT molecular complexity index is 348. The molecular weight excluding hydrogens is 206 g/mol. The highest BCUT2D eigenvalue weighted by Gasteiger charge is 2.26. The van der Waals surface area contributed by atoms with Gasteiger partial charge in [0.2, 0.25) is 5.95 Å². The van der Waals surface area contributed by atoms with Gasteiger partial charge in [0.15, 0.2) is 0 Å². The van der Waals surface area contributed by atoms with Crippen LogP contribution in [0.5, 0.6) is 0 Å². The van der Waals surface area contributed by atoms with Gasteiger partial charge < -0.3 is 9.64 Å². The summed E-state index contributed by atoms with van der Waals surface area (Å²) >= 11 is 0. The molecule has 0 aromatic carbocycles. The molecule has 0 saturated carbocycles. The molecule has 1 aromatic rings. The van der Waals surface area contributed by atoms with Gasteiger partial charge in [-0.15, -0.1) is 0 Å². The van der Waals surface area contributed by atoms with Crippen LogP contribution in [-0.4, -0.2) is 36.1 Å². The van der Waals surface area contributed by atoms with Crippen molar-refractivity contribution in [2.75, 3.05) is 25.1 Å². The molecule has 86 valence electrons. The smallest absolute Gasteiger partial charge is 0.308 e. The van der Waals surface area contributed by atoms with Crippen LogP contribution < -0.4 is 4.90 Å². The number of esters is 1. The third-order valence-corrected chi connectivity index (χ3v) is 2.86. The number of piperidine rings is 1. The molecule has 1 saturated heterocycles. The Morgan fingerprint density at radius 1 is 1.38 bits per heavy atom. The Morgan fingerprint density at radius 3 is 2.56 bits per heavy atom. The lowest BCUT2D eigenvalue weighted by atomic mass is 9.97. The highest BCUT2D eigenvalue weighted by Crippen LogP contribution is 2.20. The van der Waals surface area contributed by atoms with Crippen LogP contribution in [0.1, 0.15) is 12.8 Å². The largest absolute Gasteiger partial charge is 0.469 e. The van der Waals surface area contributed by atoms with Gasteiger partial charge >= 0.3 is 5.97 Å². The minimum atomic E-state index is -0.103. The number of hydrogen-bond donors (Lipinski definition) is 0. The van der Waals surface area contributed by atoms with Crippen molar-refractivity contribution in [1.82, 2.24) is 9.97 Å². The second-order valence-electron chi connectivity index (χ2n) is 3.83. The van der Waals surface area contributed by atoms with E-state index in [1.54, 1.807) is 18.5 Å². The summed E-state index contributed by atoms with van der Waals surface area (Å²) in [6.07, 6.45) is 5.08. The summed E-state index contributed by atoms with van der Waals surface area (Å²) in [6, 6.07) is 1.80. The number of carbonyl (C=O) groups is 1. The van der Waals surface area contributed by atoms with E-state index in [0.29, 0.717) is 0 Å². The molecule has 1 aliphatic heterocycles. The number of anilines is 1. The molecule has 0 spiro atoms. The molecule has 0 amide bonds. The summed E-state index contributed by atoms with van der Waals surface area (Å²) in [5.74, 6) is 0.671. The molecule has 0 aliphatic carbocycles. The standard InChI is InChI=1S/C11H15N3O2/c1-16-10(15)9-3-7-14(8-4-9)11-12-5-2-6-13-11/h2,5-6,9H,3-4,7-8H2,1H3. The predicted molar refractivity (Wildman–Crippen MR) is 59.0 cm³/mol. The van der Waals surface area contributed by atoms with E-state index in [9.17, 15) is 4.79 Å². The fraction of sp³-hybridized carbons (Fsp3) is 0.545. The van der Waals surface area contributed by atoms with Gasteiger partial charge in [0.25, 0.3) is 0 Å². The van der Waals surface area contributed by atoms with E-state index in [1.165, 1.54) is 7.11 Å². The van der Waals surface area contributed by atoms with Gasteiger partial charge in [-0.05, 0) is 18.9 Å². The van der Waals surface area contributed by atoms with Crippen molar-refractivity contribution in [2.24, 2.45) is 5.92 Å². The maximum Gasteiger partial charge on any atom is 0.308 e. The van der Waals surface area contributed by atoms with E-state index in [4.69, 9.17) is 4.74 Å². The van der Waals surface area contributed by atoms with E-state index >= 15 is 0 Å². The molecule has 0 radical (unpaired) electrons. The number of rotatable bonds is 2. The van der Waals surface area contributed by atoms with E-state index in [0.717, 1.165) is 31.9 Å². The molecule has 5 heteroatoms. The number of ether oxygens (including phenoxy) is 1. The van der Waals surface area contributed by atoms with E-state index < -0.39 is 0 Å². The zero-order valence-electron chi connectivity index (χ0n) is 9.30. The zero-order valence-corrected chi connectivity index (χ0v) is 9.30. The minimum absolute atomic E-state index is 0.0324. The van der Waals surface area contributed by atoms with Gasteiger partial charge in [-0.3, -0.25) is 4.79 Å². The zero-order chi connectivity index (χ0) is 11.4. The fourth-order valence-corrected chi connectivity index (χ4v) is 1.94. The van der Waals surface area contributed by atoms with Crippen molar-refractivity contribution in [2.45, 2.75) is 12.8 Å². The lowest BCUT2D eigenvalue weighted by Gasteiger charge is -2.30. The number of nitrogens with zero attached hydrogens (tertiary/aromatic N) is 3. The maximum atomic E-state index is 11.3. The van der Waals surface area contributed by atoms with Crippen LogP contribution >= 0.6 is 0 Å². The normalized spacial score (nSPS) is 17.2. The minimum Gasteiger partial charge on any atom is -0.469 e. The van der Waals surface area contributed by atoms with Crippen LogP contribution in [0.25, 0.3) is 0 Å². The second kappa shape index (κ2) is 4.92. The average Bonchev–Trinajstić information content (AvgIpc) is 2.39. The Kier molecular flexibility index (Phi) is 3.34. The average molecular weight is 221 g/mol. The van der Waals surface area contributed by atoms with Crippen molar-refractivity contribution in [3.8, 4) is 0 Å². The second-order valence-corrected chi connectivity index (χ2v) is 3.83. The lowest BCUT2D eigenvalue weighted by molar-refractivity contribution is -0.146. The first-order valence-corrected chi connectivity index (χ1v) is 5.41. The lowest BCUT2D eigenvalue weighted by Crippen LogP contribution is -2.37. The Balaban J connectivity index is 1.93. The monoisotopic (exact) mass is 221 g/mol. The van der Waals surface area contributed by atoms with Gasteiger partial charge in [-0.2, -0.15) is 0 Å². The van der Waals surface area contributed by atoms with E-state index in [2.05, 4.69) is 14.9 Å². The quantitative estimate of drug-likeness (QED) is 0.693. The molecule has 1 aliphatic rings. The van der Waals surface area contributed by atoms with Crippen LogP contribution in [0.15, 0.2) is 18.5 Å². The molecule has 1 fully saturated rings. The summed E-state index contributed by atoms with van der Waals surface area (Å²) in [5, 5.41) is 0. The van der Waals surface area contributed by atoms with Gasteiger partial charge in [-0.1, -0.05) is 0 Å². The van der Waals surface area contributed by atoms with Crippen molar-refractivity contribution in [1.29, 1.82) is 0 Å². The highest BCUT2D eigenvalue weighted by molar-refractivity contribution is 5.72. The van der Waals surface area contributed by atoms with Crippen LogP contribution in [0.2, 0.25) is 0 Å². The predicted octanol–water partition coefficient (Wildman–Crippen LogP) is 0.866. The van der Waals surface area contributed by atoms with Gasteiger partial charge in [0, 0.05) is 25.5 Å². The topological polar surface area (TPSA) is 55.3 Å². The first-order valence-electron chi connectivity index (χ1n) is 5.41. The Morgan fingerprint density at radius 2 is 2.00 bits per heavy atom. The Labute approximate surface area is 94.5 Å². The van der Waals surface area contributed by atoms with Gasteiger partial charge in [-0.25, -0.2) is 9.97 Å².